The minimum atomic E-state index is 1.12. The van der Waals surface area contributed by atoms with Crippen molar-refractivity contribution in [1.29, 1.82) is 0 Å². The molecule has 80 heavy (non-hydrogen) atoms. The Balaban J connectivity index is 0.688. The predicted octanol–water partition coefficient (Wildman–Crippen LogP) is 20.2. The number of anilines is 4. The molecule has 0 N–H and O–H groups in total. The van der Waals surface area contributed by atoms with Gasteiger partial charge in [-0.2, -0.15) is 0 Å². The van der Waals surface area contributed by atoms with Gasteiger partial charge in [0, 0.05) is 101 Å². The maximum absolute atomic E-state index is 2.42. The molecule has 4 heterocycles. The molecule has 0 saturated heterocycles. The predicted molar refractivity (Wildman–Crippen MR) is 342 cm³/mol. The first-order valence-electron chi connectivity index (χ1n) is 27.4. The minimum Gasteiger partial charge on any atom is -0.345 e. The lowest BCUT2D eigenvalue weighted by atomic mass is 10.0. The number of rotatable bonds is 9. The van der Waals surface area contributed by atoms with Crippen molar-refractivity contribution in [3.8, 4) is 39.3 Å². The summed E-state index contributed by atoms with van der Waals surface area (Å²) in [4.78, 5) is 4.64. The highest BCUT2D eigenvalue weighted by atomic mass is 32.1. The molecule has 0 fully saturated rings. The van der Waals surface area contributed by atoms with Crippen LogP contribution in [0.5, 0.6) is 0 Å². The SMILES string of the molecule is CN(c1ccc(-c2ccc3c(c2)sc2ccccc23)cc1)c1ccc2c(c1)c1ccccc1n2-c1ccc(-c2ccc(-n3c4ccccc4c4c(N(C)c5ccc6c(c5)c5ccccc5n6-c5ccccc5)cccc43)cc2)cc1. The Morgan fingerprint density at radius 3 is 1.31 bits per heavy atom. The quantitative estimate of drug-likeness (QED) is 0.144. The van der Waals surface area contributed by atoms with Gasteiger partial charge in [0.05, 0.1) is 38.8 Å². The number of hydrogen-bond acceptors (Lipinski definition) is 3. The molecule has 4 aromatic heterocycles. The highest BCUT2D eigenvalue weighted by molar-refractivity contribution is 7.25. The van der Waals surface area contributed by atoms with E-state index >= 15 is 0 Å². The van der Waals surface area contributed by atoms with Crippen LogP contribution in [0.3, 0.4) is 0 Å². The monoisotopic (exact) mass is 1040 g/mol. The highest BCUT2D eigenvalue weighted by Crippen LogP contribution is 2.43. The van der Waals surface area contributed by atoms with E-state index in [0.717, 1.165) is 39.8 Å². The van der Waals surface area contributed by atoms with Gasteiger partial charge in [0.2, 0.25) is 0 Å². The van der Waals surface area contributed by atoms with E-state index < -0.39 is 0 Å². The molecule has 0 atom stereocenters. The molecule has 378 valence electrons. The topological polar surface area (TPSA) is 21.3 Å². The van der Waals surface area contributed by atoms with Crippen LogP contribution in [-0.4, -0.2) is 27.8 Å². The second-order valence-electron chi connectivity index (χ2n) is 21.0. The molecular weight excluding hydrogens is 991 g/mol. The number of fused-ring (bicyclic) bond motifs is 12. The first-order chi connectivity index (χ1) is 39.5. The van der Waals surface area contributed by atoms with Crippen molar-refractivity contribution in [3.05, 3.63) is 273 Å². The molecule has 0 unspecified atom stereocenters. The smallest absolute Gasteiger partial charge is 0.0562 e. The number of para-hydroxylation sites is 4. The average molecular weight is 1040 g/mol. The van der Waals surface area contributed by atoms with Crippen molar-refractivity contribution in [3.63, 3.8) is 0 Å². The van der Waals surface area contributed by atoms with Gasteiger partial charge >= 0.3 is 0 Å². The Morgan fingerprint density at radius 1 is 0.263 bits per heavy atom. The summed E-state index contributed by atoms with van der Waals surface area (Å²) >= 11 is 1.87. The molecule has 0 saturated carbocycles. The van der Waals surface area contributed by atoms with Crippen LogP contribution >= 0.6 is 11.3 Å². The van der Waals surface area contributed by atoms with Crippen molar-refractivity contribution in [2.45, 2.75) is 0 Å². The van der Waals surface area contributed by atoms with Crippen LogP contribution in [0, 0.1) is 0 Å². The largest absolute Gasteiger partial charge is 0.345 e. The molecule has 6 heteroatoms. The lowest BCUT2D eigenvalue weighted by molar-refractivity contribution is 1.17. The summed E-state index contributed by atoms with van der Waals surface area (Å²) in [7, 11) is 4.36. The van der Waals surface area contributed by atoms with Crippen LogP contribution in [0.1, 0.15) is 0 Å². The van der Waals surface area contributed by atoms with Gasteiger partial charge in [0.15, 0.2) is 0 Å². The zero-order valence-corrected chi connectivity index (χ0v) is 44.9. The summed E-state index contributed by atoms with van der Waals surface area (Å²) in [5.41, 5.74) is 19.9. The zero-order chi connectivity index (χ0) is 53.0. The Morgan fingerprint density at radius 2 is 0.688 bits per heavy atom. The lowest BCUT2D eigenvalue weighted by Gasteiger charge is -2.21. The van der Waals surface area contributed by atoms with E-state index in [2.05, 4.69) is 311 Å². The summed E-state index contributed by atoms with van der Waals surface area (Å²) in [5, 5.41) is 10.1. The number of thiophene rings is 1. The van der Waals surface area contributed by atoms with Crippen LogP contribution in [0.15, 0.2) is 273 Å². The Bertz CT molecular complexity index is 5080. The van der Waals surface area contributed by atoms with Crippen molar-refractivity contribution in [2.75, 3.05) is 23.9 Å². The van der Waals surface area contributed by atoms with E-state index in [1.54, 1.807) is 0 Å². The van der Waals surface area contributed by atoms with Crippen LogP contribution in [0.4, 0.5) is 22.7 Å². The first-order valence-corrected chi connectivity index (χ1v) is 28.2. The van der Waals surface area contributed by atoms with Crippen molar-refractivity contribution in [2.24, 2.45) is 0 Å². The fourth-order valence-corrected chi connectivity index (χ4v) is 13.9. The van der Waals surface area contributed by atoms with Crippen LogP contribution < -0.4 is 9.80 Å². The second-order valence-corrected chi connectivity index (χ2v) is 22.1. The van der Waals surface area contributed by atoms with Gasteiger partial charge in [-0.05, 0) is 150 Å². The summed E-state index contributed by atoms with van der Waals surface area (Å²) in [6.45, 7) is 0. The van der Waals surface area contributed by atoms with Gasteiger partial charge in [-0.15, -0.1) is 11.3 Å². The van der Waals surface area contributed by atoms with Crippen LogP contribution in [-0.2, 0) is 0 Å². The molecule has 0 aliphatic carbocycles. The summed E-state index contributed by atoms with van der Waals surface area (Å²) in [6.07, 6.45) is 0. The van der Waals surface area contributed by atoms with E-state index in [-0.39, 0.29) is 0 Å². The van der Waals surface area contributed by atoms with Crippen molar-refractivity contribution < 1.29 is 0 Å². The molecule has 16 rings (SSSR count). The average Bonchev–Trinajstić information content (AvgIpc) is 4.38. The Hall–Kier alpha value is -10.1. The van der Waals surface area contributed by atoms with Gasteiger partial charge in [-0.3, -0.25) is 0 Å². The normalized spacial score (nSPS) is 11.9. The molecule has 5 nitrogen and oxygen atoms in total. The molecular formula is C74H51N5S. The fraction of sp³-hybridized carbons (Fsp3) is 0.0270. The van der Waals surface area contributed by atoms with Gasteiger partial charge in [0.25, 0.3) is 0 Å². The third kappa shape index (κ3) is 7.23. The van der Waals surface area contributed by atoms with E-state index in [1.807, 2.05) is 11.3 Å². The molecule has 0 radical (unpaired) electrons. The maximum atomic E-state index is 2.42. The number of nitrogens with zero attached hydrogens (tertiary/aromatic N) is 5. The molecule has 0 amide bonds. The van der Waals surface area contributed by atoms with Crippen LogP contribution in [0.25, 0.3) is 125 Å². The third-order valence-electron chi connectivity index (χ3n) is 16.7. The van der Waals surface area contributed by atoms with Gasteiger partial charge in [-0.1, -0.05) is 146 Å². The third-order valence-corrected chi connectivity index (χ3v) is 17.8. The van der Waals surface area contributed by atoms with E-state index in [9.17, 15) is 0 Å². The van der Waals surface area contributed by atoms with Gasteiger partial charge < -0.3 is 23.5 Å². The van der Waals surface area contributed by atoms with Gasteiger partial charge in [0.1, 0.15) is 0 Å². The Kier molecular flexibility index (Phi) is 10.5. The zero-order valence-electron chi connectivity index (χ0n) is 44.1. The fourth-order valence-electron chi connectivity index (χ4n) is 12.7. The van der Waals surface area contributed by atoms with E-state index in [0.29, 0.717) is 0 Å². The Labute approximate surface area is 466 Å². The highest BCUT2D eigenvalue weighted by Gasteiger charge is 2.21. The number of benzene rings is 12. The molecule has 16 aromatic rings. The summed E-state index contributed by atoms with van der Waals surface area (Å²) < 4.78 is 9.85. The molecule has 12 aromatic carbocycles. The van der Waals surface area contributed by atoms with E-state index in [4.69, 9.17) is 0 Å². The second kappa shape index (κ2) is 18.2. The lowest BCUT2D eigenvalue weighted by Crippen LogP contribution is -2.09. The van der Waals surface area contributed by atoms with E-state index in [1.165, 1.54) is 108 Å². The van der Waals surface area contributed by atoms with Crippen molar-refractivity contribution in [1.82, 2.24) is 13.7 Å². The molecule has 0 aliphatic heterocycles. The number of aromatic nitrogens is 3. The van der Waals surface area contributed by atoms with Crippen molar-refractivity contribution >= 4 is 120 Å². The standard InChI is InChI=1S/C74H51N5S/c1-75(52-34-27-50(28-35-52)51-33-42-61-60-19-9-13-26-72(60)80-73(61)45-51)56-40-43-69-63(46-56)58-17-7-11-22-66(58)78(69)54-36-29-48(30-37-54)49-31-38-55(39-32-49)79-67-23-12-8-20-62(67)74-70(24-14-25-71(74)79)76(2)57-41-44-68-64(47-57)59-18-6-10-21-65(59)77(68)53-15-4-3-5-16-53/h3-47H,1-2H3. The minimum absolute atomic E-state index is 1.12. The van der Waals surface area contributed by atoms with Gasteiger partial charge in [-0.25, -0.2) is 0 Å². The summed E-state index contributed by atoms with van der Waals surface area (Å²) in [6, 6.07) is 100. The van der Waals surface area contributed by atoms with Crippen LogP contribution in [0.2, 0.25) is 0 Å². The number of hydrogen-bond donors (Lipinski definition) is 0. The maximum Gasteiger partial charge on any atom is 0.0562 e. The molecule has 0 spiro atoms. The molecule has 0 bridgehead atoms. The first kappa shape index (κ1) is 46.0. The summed E-state index contributed by atoms with van der Waals surface area (Å²) in [5.74, 6) is 0. The molecule has 0 aliphatic rings.